The van der Waals surface area contributed by atoms with E-state index in [9.17, 15) is 13.2 Å². The Kier molecular flexibility index (Phi) is 6.94. The van der Waals surface area contributed by atoms with Gasteiger partial charge in [-0.3, -0.25) is 4.79 Å². The fourth-order valence-electron chi connectivity index (χ4n) is 2.11. The molecule has 0 fully saturated rings. The van der Waals surface area contributed by atoms with Crippen molar-refractivity contribution in [2.75, 3.05) is 19.7 Å². The van der Waals surface area contributed by atoms with Gasteiger partial charge in [0.2, 0.25) is 10.0 Å². The number of sulfonamides is 1. The number of ether oxygens (including phenoxy) is 1. The highest BCUT2D eigenvalue weighted by atomic mass is 32.2. The Balaban J connectivity index is 1.84. The lowest BCUT2D eigenvalue weighted by Crippen LogP contribution is -2.28. The molecule has 0 saturated carbocycles. The molecule has 0 aliphatic rings. The molecule has 0 bridgehead atoms. The number of nitrogens with one attached hydrogen (secondary N) is 2. The number of carbonyl (C=O) groups excluding carboxylic acids is 1. The molecule has 0 aromatic heterocycles. The number of benzene rings is 2. The van der Waals surface area contributed by atoms with Crippen molar-refractivity contribution in [2.24, 2.45) is 0 Å². The molecule has 7 heteroatoms. The second-order valence-electron chi connectivity index (χ2n) is 5.58. The average molecular weight is 374 g/mol. The standard InChI is InChI=1S/C19H22N2O4S/c1-3-12-21-26(23,24)18-10-6-16(7-11-18)19(22)20-13-14-25-17-8-4-15(2)5-9-17/h3-11,21H,1,12-14H2,2H3,(H,20,22). The third-order valence-electron chi connectivity index (χ3n) is 3.52. The molecule has 1 amide bonds. The van der Waals surface area contributed by atoms with Crippen LogP contribution >= 0.6 is 0 Å². The predicted molar refractivity (Wildman–Crippen MR) is 101 cm³/mol. The minimum absolute atomic E-state index is 0.0959. The van der Waals surface area contributed by atoms with E-state index in [4.69, 9.17) is 4.74 Å². The number of aryl methyl sites for hydroxylation is 1. The molecule has 0 aliphatic carbocycles. The highest BCUT2D eigenvalue weighted by Gasteiger charge is 2.13. The Bertz CT molecular complexity index is 844. The van der Waals surface area contributed by atoms with Gasteiger partial charge in [-0.25, -0.2) is 13.1 Å². The quantitative estimate of drug-likeness (QED) is 0.521. The second kappa shape index (κ2) is 9.17. The van der Waals surface area contributed by atoms with E-state index in [1.807, 2.05) is 31.2 Å². The Labute approximate surface area is 153 Å². The van der Waals surface area contributed by atoms with Gasteiger partial charge in [-0.1, -0.05) is 23.8 Å². The molecule has 0 saturated heterocycles. The Morgan fingerprint density at radius 2 is 1.77 bits per heavy atom. The van der Waals surface area contributed by atoms with E-state index >= 15 is 0 Å². The summed E-state index contributed by atoms with van der Waals surface area (Å²) in [4.78, 5) is 12.2. The lowest BCUT2D eigenvalue weighted by atomic mass is 10.2. The summed E-state index contributed by atoms with van der Waals surface area (Å²) in [5, 5.41) is 2.73. The lowest BCUT2D eigenvalue weighted by molar-refractivity contribution is 0.0947. The second-order valence-corrected chi connectivity index (χ2v) is 7.35. The van der Waals surface area contributed by atoms with E-state index in [2.05, 4.69) is 16.6 Å². The molecule has 2 rings (SSSR count). The maximum atomic E-state index is 12.1. The summed E-state index contributed by atoms with van der Waals surface area (Å²) in [5.41, 5.74) is 1.53. The molecule has 0 atom stereocenters. The summed E-state index contributed by atoms with van der Waals surface area (Å²) >= 11 is 0. The lowest BCUT2D eigenvalue weighted by Gasteiger charge is -2.09. The first-order chi connectivity index (χ1) is 12.4. The van der Waals surface area contributed by atoms with E-state index in [1.165, 1.54) is 30.3 Å². The van der Waals surface area contributed by atoms with Crippen molar-refractivity contribution in [3.63, 3.8) is 0 Å². The van der Waals surface area contributed by atoms with E-state index in [0.717, 1.165) is 11.3 Å². The minimum Gasteiger partial charge on any atom is -0.492 e. The molecule has 26 heavy (non-hydrogen) atoms. The van der Waals surface area contributed by atoms with Crippen molar-refractivity contribution < 1.29 is 17.9 Å². The predicted octanol–water partition coefficient (Wildman–Crippen LogP) is 2.27. The molecule has 2 aromatic rings. The van der Waals surface area contributed by atoms with E-state index in [1.54, 1.807) is 0 Å². The van der Waals surface area contributed by atoms with Gasteiger partial charge in [0, 0.05) is 12.1 Å². The van der Waals surface area contributed by atoms with E-state index < -0.39 is 10.0 Å². The highest BCUT2D eigenvalue weighted by molar-refractivity contribution is 7.89. The van der Waals surface area contributed by atoms with Crippen LogP contribution in [0.1, 0.15) is 15.9 Å². The number of carbonyl (C=O) groups is 1. The number of hydrogen-bond acceptors (Lipinski definition) is 4. The van der Waals surface area contributed by atoms with Crippen LogP contribution in [0.3, 0.4) is 0 Å². The molecule has 0 unspecified atom stereocenters. The fourth-order valence-corrected chi connectivity index (χ4v) is 3.11. The summed E-state index contributed by atoms with van der Waals surface area (Å²) in [7, 11) is -3.59. The molecular formula is C19H22N2O4S. The largest absolute Gasteiger partial charge is 0.492 e. The molecule has 0 heterocycles. The summed E-state index contributed by atoms with van der Waals surface area (Å²) in [5.74, 6) is 0.451. The molecule has 138 valence electrons. The zero-order valence-corrected chi connectivity index (χ0v) is 15.4. The molecule has 0 aliphatic heterocycles. The van der Waals surface area contributed by atoms with Crippen LogP contribution in [0.5, 0.6) is 5.75 Å². The van der Waals surface area contributed by atoms with Gasteiger partial charge in [0.25, 0.3) is 5.91 Å². The van der Waals surface area contributed by atoms with Crippen LogP contribution in [0, 0.1) is 6.92 Å². The maximum absolute atomic E-state index is 12.1. The zero-order valence-electron chi connectivity index (χ0n) is 14.6. The van der Waals surface area contributed by atoms with Gasteiger partial charge in [0.15, 0.2) is 0 Å². The average Bonchev–Trinajstić information content (AvgIpc) is 2.65. The van der Waals surface area contributed by atoms with Gasteiger partial charge >= 0.3 is 0 Å². The van der Waals surface area contributed by atoms with Gasteiger partial charge in [-0.05, 0) is 43.3 Å². The molecular weight excluding hydrogens is 352 g/mol. The SMILES string of the molecule is C=CCNS(=O)(=O)c1ccc(C(=O)NCCOc2ccc(C)cc2)cc1. The van der Waals surface area contributed by atoms with Crippen LogP contribution < -0.4 is 14.8 Å². The Hall–Kier alpha value is -2.64. The first-order valence-corrected chi connectivity index (χ1v) is 9.59. The zero-order chi connectivity index (χ0) is 19.0. The minimum atomic E-state index is -3.59. The fraction of sp³-hybridized carbons (Fsp3) is 0.211. The summed E-state index contributed by atoms with van der Waals surface area (Å²) in [6.07, 6.45) is 1.46. The van der Waals surface area contributed by atoms with Crippen LogP contribution in [0.25, 0.3) is 0 Å². The number of rotatable bonds is 9. The van der Waals surface area contributed by atoms with Crippen LogP contribution in [-0.4, -0.2) is 34.0 Å². The van der Waals surface area contributed by atoms with Gasteiger partial charge in [0.1, 0.15) is 12.4 Å². The molecule has 2 N–H and O–H groups in total. The van der Waals surface area contributed by atoms with Crippen LogP contribution in [0.2, 0.25) is 0 Å². The van der Waals surface area contributed by atoms with Crippen molar-refractivity contribution >= 4 is 15.9 Å². The summed E-state index contributed by atoms with van der Waals surface area (Å²) in [6.45, 7) is 6.28. The molecule has 6 nitrogen and oxygen atoms in total. The molecule has 0 spiro atoms. The van der Waals surface area contributed by atoms with E-state index in [-0.39, 0.29) is 17.3 Å². The van der Waals surface area contributed by atoms with Crippen molar-refractivity contribution in [3.8, 4) is 5.75 Å². The Morgan fingerprint density at radius 3 is 2.38 bits per heavy atom. The van der Waals surface area contributed by atoms with Crippen molar-refractivity contribution in [2.45, 2.75) is 11.8 Å². The van der Waals surface area contributed by atoms with Crippen molar-refractivity contribution in [3.05, 3.63) is 72.3 Å². The molecule has 0 radical (unpaired) electrons. The van der Waals surface area contributed by atoms with Gasteiger partial charge in [-0.2, -0.15) is 0 Å². The first kappa shape index (κ1) is 19.7. The van der Waals surface area contributed by atoms with Gasteiger partial charge in [0.05, 0.1) is 11.4 Å². The van der Waals surface area contributed by atoms with Gasteiger partial charge < -0.3 is 10.1 Å². The third-order valence-corrected chi connectivity index (χ3v) is 4.96. The monoisotopic (exact) mass is 374 g/mol. The van der Waals surface area contributed by atoms with Crippen molar-refractivity contribution in [1.82, 2.24) is 10.0 Å². The maximum Gasteiger partial charge on any atom is 0.251 e. The topological polar surface area (TPSA) is 84.5 Å². The van der Waals surface area contributed by atoms with Crippen LogP contribution in [0.4, 0.5) is 0 Å². The number of amides is 1. The van der Waals surface area contributed by atoms with Gasteiger partial charge in [-0.15, -0.1) is 6.58 Å². The number of hydrogen-bond donors (Lipinski definition) is 2. The van der Waals surface area contributed by atoms with Crippen molar-refractivity contribution in [1.29, 1.82) is 0 Å². The summed E-state index contributed by atoms with van der Waals surface area (Å²) < 4.78 is 31.8. The van der Waals surface area contributed by atoms with Crippen LogP contribution in [0.15, 0.2) is 66.1 Å². The smallest absolute Gasteiger partial charge is 0.251 e. The first-order valence-electron chi connectivity index (χ1n) is 8.10. The van der Waals surface area contributed by atoms with E-state index in [0.29, 0.717) is 18.7 Å². The van der Waals surface area contributed by atoms with Crippen LogP contribution in [-0.2, 0) is 10.0 Å². The molecule has 2 aromatic carbocycles. The summed E-state index contributed by atoms with van der Waals surface area (Å²) in [6, 6.07) is 13.4. The highest BCUT2D eigenvalue weighted by Crippen LogP contribution is 2.12. The third kappa shape index (κ3) is 5.72. The normalized spacial score (nSPS) is 11.0. The Morgan fingerprint density at radius 1 is 1.12 bits per heavy atom.